The summed E-state index contributed by atoms with van der Waals surface area (Å²) in [4.78, 5) is 17.5. The molecule has 0 aliphatic rings. The minimum atomic E-state index is -0.177. The number of hydrogen-bond acceptors (Lipinski definition) is 8. The number of aromatic nitrogens is 4. The van der Waals surface area contributed by atoms with Gasteiger partial charge in [0.2, 0.25) is 5.91 Å². The van der Waals surface area contributed by atoms with Gasteiger partial charge in [0.1, 0.15) is 0 Å². The Bertz CT molecular complexity index is 1610. The lowest BCUT2D eigenvalue weighted by Gasteiger charge is -2.12. The first-order chi connectivity index (χ1) is 19.0. The monoisotopic (exact) mass is 557 g/mol. The number of aryl methyl sites for hydroxylation is 2. The van der Waals surface area contributed by atoms with Gasteiger partial charge in [0, 0.05) is 16.5 Å². The van der Waals surface area contributed by atoms with E-state index in [0.29, 0.717) is 21.8 Å². The predicted molar refractivity (Wildman–Crippen MR) is 156 cm³/mol. The second-order valence-electron chi connectivity index (χ2n) is 8.72. The van der Waals surface area contributed by atoms with E-state index in [4.69, 9.17) is 9.47 Å². The molecular formula is C29H27N5O3S2. The normalized spacial score (nSPS) is 10.9. The van der Waals surface area contributed by atoms with Crippen molar-refractivity contribution >= 4 is 34.1 Å². The molecule has 10 heteroatoms. The summed E-state index contributed by atoms with van der Waals surface area (Å²) in [5.74, 6) is 1.97. The highest BCUT2D eigenvalue weighted by atomic mass is 32.2. The highest BCUT2D eigenvalue weighted by Crippen LogP contribution is 2.34. The highest BCUT2D eigenvalue weighted by molar-refractivity contribution is 7.99. The van der Waals surface area contributed by atoms with Crippen LogP contribution in [0.1, 0.15) is 11.1 Å². The number of benzene rings is 3. The molecule has 0 aliphatic heterocycles. The number of methoxy groups -OCH3 is 2. The summed E-state index contributed by atoms with van der Waals surface area (Å²) >= 11 is 2.70. The van der Waals surface area contributed by atoms with E-state index in [1.807, 2.05) is 64.5 Å². The quantitative estimate of drug-likeness (QED) is 0.209. The topological polar surface area (TPSA) is 91.2 Å². The van der Waals surface area contributed by atoms with Crippen LogP contribution in [0.3, 0.4) is 0 Å². The van der Waals surface area contributed by atoms with Gasteiger partial charge in [0.15, 0.2) is 27.6 Å². The number of nitrogens with zero attached hydrogens (tertiary/aromatic N) is 4. The third-order valence-corrected chi connectivity index (χ3v) is 7.86. The van der Waals surface area contributed by atoms with Crippen LogP contribution in [-0.4, -0.2) is 45.6 Å². The number of nitrogens with one attached hydrogen (secondary N) is 1. The van der Waals surface area contributed by atoms with Crippen LogP contribution in [0.4, 0.5) is 5.13 Å². The van der Waals surface area contributed by atoms with E-state index >= 15 is 0 Å². The number of anilines is 1. The van der Waals surface area contributed by atoms with E-state index < -0.39 is 0 Å². The summed E-state index contributed by atoms with van der Waals surface area (Å²) < 4.78 is 12.7. The van der Waals surface area contributed by atoms with Crippen LogP contribution >= 0.6 is 23.1 Å². The van der Waals surface area contributed by atoms with Gasteiger partial charge in [-0.3, -0.25) is 9.36 Å². The third kappa shape index (κ3) is 5.81. The van der Waals surface area contributed by atoms with E-state index in [1.165, 1.54) is 34.2 Å². The molecule has 1 amide bonds. The molecule has 0 saturated carbocycles. The minimum Gasteiger partial charge on any atom is -0.493 e. The first-order valence-corrected chi connectivity index (χ1v) is 14.0. The zero-order chi connectivity index (χ0) is 27.4. The molecule has 2 heterocycles. The van der Waals surface area contributed by atoms with Gasteiger partial charge in [-0.05, 0) is 55.3 Å². The van der Waals surface area contributed by atoms with Crippen molar-refractivity contribution in [1.29, 1.82) is 0 Å². The second kappa shape index (κ2) is 11.7. The number of ether oxygens (including phenoxy) is 2. The average molecular weight is 558 g/mol. The van der Waals surface area contributed by atoms with E-state index in [1.54, 1.807) is 14.2 Å². The molecule has 5 aromatic rings. The molecule has 39 heavy (non-hydrogen) atoms. The van der Waals surface area contributed by atoms with Crippen molar-refractivity contribution in [3.05, 3.63) is 83.2 Å². The number of carbonyl (C=O) groups is 1. The molecule has 0 saturated heterocycles. The molecule has 0 bridgehead atoms. The Hall–Kier alpha value is -4.15. The number of rotatable bonds is 9. The van der Waals surface area contributed by atoms with Gasteiger partial charge in [-0.15, -0.1) is 21.5 Å². The van der Waals surface area contributed by atoms with Gasteiger partial charge in [-0.2, -0.15) is 0 Å². The summed E-state index contributed by atoms with van der Waals surface area (Å²) in [5, 5.41) is 14.9. The number of carbonyl (C=O) groups excluding carboxylic acids is 1. The first-order valence-electron chi connectivity index (χ1n) is 12.2. The Morgan fingerprint density at radius 3 is 2.46 bits per heavy atom. The summed E-state index contributed by atoms with van der Waals surface area (Å²) in [6, 6.07) is 21.8. The maximum atomic E-state index is 12.9. The lowest BCUT2D eigenvalue weighted by atomic mass is 10.1. The average Bonchev–Trinajstić information content (AvgIpc) is 3.61. The molecule has 3 aromatic carbocycles. The van der Waals surface area contributed by atoms with Gasteiger partial charge in [-0.25, -0.2) is 4.98 Å². The zero-order valence-corrected chi connectivity index (χ0v) is 23.6. The maximum Gasteiger partial charge on any atom is 0.236 e. The van der Waals surface area contributed by atoms with Crippen LogP contribution in [0.2, 0.25) is 0 Å². The molecule has 0 fully saturated rings. The van der Waals surface area contributed by atoms with Crippen LogP contribution in [0.25, 0.3) is 28.3 Å². The van der Waals surface area contributed by atoms with Crippen LogP contribution < -0.4 is 14.8 Å². The summed E-state index contributed by atoms with van der Waals surface area (Å²) in [7, 11) is 3.19. The maximum absolute atomic E-state index is 12.9. The standard InChI is InChI=1S/C29H27N5O3S2/c1-18-10-12-22(14-19(18)2)34-27(20-8-6-5-7-9-20)32-33-29(34)39-17-26(35)31-28-30-23(16-38-28)21-11-13-24(36-3)25(15-21)37-4/h5-16H,17H2,1-4H3,(H,30,31,35). The fraction of sp³-hybridized carbons (Fsp3) is 0.172. The summed E-state index contributed by atoms with van der Waals surface area (Å²) in [6.45, 7) is 4.16. The summed E-state index contributed by atoms with van der Waals surface area (Å²) in [6.07, 6.45) is 0. The number of hydrogen-bond donors (Lipinski definition) is 1. The lowest BCUT2D eigenvalue weighted by Crippen LogP contribution is -2.14. The molecular weight excluding hydrogens is 530 g/mol. The van der Waals surface area contributed by atoms with Crippen molar-refractivity contribution in [2.45, 2.75) is 19.0 Å². The molecule has 0 aliphatic carbocycles. The molecule has 198 valence electrons. The SMILES string of the molecule is COc1ccc(-c2csc(NC(=O)CSc3nnc(-c4ccccc4)n3-c3ccc(C)c(C)c3)n2)cc1OC. The van der Waals surface area contributed by atoms with Crippen LogP contribution in [0, 0.1) is 13.8 Å². The van der Waals surface area contributed by atoms with Gasteiger partial charge >= 0.3 is 0 Å². The van der Waals surface area contributed by atoms with Crippen LogP contribution in [-0.2, 0) is 4.79 Å². The van der Waals surface area contributed by atoms with Gasteiger partial charge < -0.3 is 14.8 Å². The van der Waals surface area contributed by atoms with E-state index in [9.17, 15) is 4.79 Å². The molecule has 0 atom stereocenters. The summed E-state index contributed by atoms with van der Waals surface area (Å²) in [5.41, 5.74) is 5.88. The third-order valence-electron chi connectivity index (χ3n) is 6.18. The first kappa shape index (κ1) is 26.5. The van der Waals surface area contributed by atoms with Crippen molar-refractivity contribution in [2.24, 2.45) is 0 Å². The number of thiazole rings is 1. The number of amides is 1. The molecule has 2 aromatic heterocycles. The van der Waals surface area contributed by atoms with Crippen molar-refractivity contribution in [2.75, 3.05) is 25.3 Å². The van der Waals surface area contributed by atoms with E-state index in [2.05, 4.69) is 46.5 Å². The molecule has 8 nitrogen and oxygen atoms in total. The van der Waals surface area contributed by atoms with E-state index in [0.717, 1.165) is 28.3 Å². The zero-order valence-electron chi connectivity index (χ0n) is 22.0. The Morgan fingerprint density at radius 2 is 1.72 bits per heavy atom. The Morgan fingerprint density at radius 1 is 0.923 bits per heavy atom. The van der Waals surface area contributed by atoms with Crippen LogP contribution in [0.5, 0.6) is 11.5 Å². The predicted octanol–water partition coefficient (Wildman–Crippen LogP) is 6.42. The Kier molecular flexibility index (Phi) is 7.94. The van der Waals surface area contributed by atoms with Crippen LogP contribution in [0.15, 0.2) is 77.3 Å². The molecule has 0 unspecified atom stereocenters. The minimum absolute atomic E-state index is 0.156. The fourth-order valence-electron chi connectivity index (χ4n) is 3.98. The van der Waals surface area contributed by atoms with Crippen molar-refractivity contribution in [3.8, 4) is 39.8 Å². The van der Waals surface area contributed by atoms with Crippen molar-refractivity contribution in [1.82, 2.24) is 19.7 Å². The van der Waals surface area contributed by atoms with Crippen molar-refractivity contribution < 1.29 is 14.3 Å². The van der Waals surface area contributed by atoms with E-state index in [-0.39, 0.29) is 11.7 Å². The lowest BCUT2D eigenvalue weighted by molar-refractivity contribution is -0.113. The van der Waals surface area contributed by atoms with Gasteiger partial charge in [-0.1, -0.05) is 48.2 Å². The number of thioether (sulfide) groups is 1. The Labute approximate surface area is 235 Å². The van der Waals surface area contributed by atoms with Crippen molar-refractivity contribution in [3.63, 3.8) is 0 Å². The Balaban J connectivity index is 1.33. The second-order valence-corrected chi connectivity index (χ2v) is 10.5. The molecule has 5 rings (SSSR count). The highest BCUT2D eigenvalue weighted by Gasteiger charge is 2.18. The molecule has 0 spiro atoms. The largest absolute Gasteiger partial charge is 0.493 e. The smallest absolute Gasteiger partial charge is 0.236 e. The molecule has 1 N–H and O–H groups in total. The van der Waals surface area contributed by atoms with Gasteiger partial charge in [0.05, 0.1) is 31.4 Å². The fourth-order valence-corrected chi connectivity index (χ4v) is 5.47. The molecule has 0 radical (unpaired) electrons. The van der Waals surface area contributed by atoms with Gasteiger partial charge in [0.25, 0.3) is 0 Å².